The van der Waals surface area contributed by atoms with Crippen LogP contribution in [0.4, 0.5) is 0 Å². The standard InChI is InChI=1S/C25H28N4O2/c1-2-12-28-13-14-29(25(31)23-16-26-18-27-23)17-21(24(28)30)15-20-10-6-7-11-22(20)19-8-4-3-5-9-19/h3-11,16,18,21H,2,12-15,17H2,1H3,(H,26,27). The molecule has 0 aliphatic carbocycles. The van der Waals surface area contributed by atoms with Crippen LogP contribution in [-0.2, 0) is 11.2 Å². The van der Waals surface area contributed by atoms with Crippen LogP contribution in [0.3, 0.4) is 0 Å². The van der Waals surface area contributed by atoms with E-state index in [2.05, 4.69) is 41.2 Å². The lowest BCUT2D eigenvalue weighted by Gasteiger charge is -2.24. The Kier molecular flexibility index (Phi) is 6.46. The Labute approximate surface area is 182 Å². The lowest BCUT2D eigenvalue weighted by Crippen LogP contribution is -2.38. The van der Waals surface area contributed by atoms with Gasteiger partial charge in [0.25, 0.3) is 5.91 Å². The van der Waals surface area contributed by atoms with Gasteiger partial charge >= 0.3 is 0 Å². The first kappa shape index (κ1) is 20.8. The minimum atomic E-state index is -0.286. The molecule has 31 heavy (non-hydrogen) atoms. The lowest BCUT2D eigenvalue weighted by atomic mass is 9.91. The fourth-order valence-electron chi connectivity index (χ4n) is 4.28. The molecule has 0 radical (unpaired) electrons. The van der Waals surface area contributed by atoms with Crippen LogP contribution < -0.4 is 0 Å². The quantitative estimate of drug-likeness (QED) is 0.667. The summed E-state index contributed by atoms with van der Waals surface area (Å²) in [5, 5.41) is 0. The largest absolute Gasteiger partial charge is 0.341 e. The zero-order valence-electron chi connectivity index (χ0n) is 17.8. The molecule has 4 rings (SSSR count). The SMILES string of the molecule is CCCN1CCN(C(=O)c2cnc[nH]2)CC(Cc2ccccc2-c2ccccc2)C1=O. The number of aromatic nitrogens is 2. The van der Waals surface area contributed by atoms with Gasteiger partial charge in [-0.1, -0.05) is 61.5 Å². The molecule has 160 valence electrons. The fraction of sp³-hybridized carbons (Fsp3) is 0.320. The topological polar surface area (TPSA) is 69.3 Å². The highest BCUT2D eigenvalue weighted by Gasteiger charge is 2.33. The average Bonchev–Trinajstić information content (AvgIpc) is 3.30. The van der Waals surface area contributed by atoms with Gasteiger partial charge in [-0.2, -0.15) is 0 Å². The van der Waals surface area contributed by atoms with Crippen molar-refractivity contribution in [1.82, 2.24) is 19.8 Å². The van der Waals surface area contributed by atoms with E-state index in [4.69, 9.17) is 0 Å². The van der Waals surface area contributed by atoms with Gasteiger partial charge in [-0.05, 0) is 29.5 Å². The van der Waals surface area contributed by atoms with E-state index in [0.29, 0.717) is 38.3 Å². The van der Waals surface area contributed by atoms with E-state index in [1.807, 2.05) is 35.2 Å². The van der Waals surface area contributed by atoms with E-state index in [-0.39, 0.29) is 17.7 Å². The molecule has 1 aromatic heterocycles. The van der Waals surface area contributed by atoms with Crippen molar-refractivity contribution in [2.45, 2.75) is 19.8 Å². The summed E-state index contributed by atoms with van der Waals surface area (Å²) in [4.78, 5) is 37.0. The number of imidazole rings is 1. The van der Waals surface area contributed by atoms with E-state index in [1.54, 1.807) is 11.1 Å². The van der Waals surface area contributed by atoms with Gasteiger partial charge in [0.2, 0.25) is 5.91 Å². The van der Waals surface area contributed by atoms with Crippen LogP contribution in [0.5, 0.6) is 0 Å². The summed E-state index contributed by atoms with van der Waals surface area (Å²) in [6, 6.07) is 18.5. The summed E-state index contributed by atoms with van der Waals surface area (Å²) in [6.45, 7) is 4.27. The molecule has 6 heteroatoms. The number of rotatable bonds is 6. The molecule has 1 fully saturated rings. The summed E-state index contributed by atoms with van der Waals surface area (Å²) < 4.78 is 0. The number of nitrogens with zero attached hydrogens (tertiary/aromatic N) is 3. The molecule has 2 aromatic carbocycles. The number of amides is 2. The third-order valence-electron chi connectivity index (χ3n) is 5.82. The Morgan fingerprint density at radius 2 is 1.87 bits per heavy atom. The normalized spacial score (nSPS) is 16.9. The van der Waals surface area contributed by atoms with Crippen LogP contribution in [0.1, 0.15) is 29.4 Å². The number of nitrogens with one attached hydrogen (secondary N) is 1. The number of carbonyl (C=O) groups excluding carboxylic acids is 2. The molecule has 3 aromatic rings. The van der Waals surface area contributed by atoms with Gasteiger partial charge in [0, 0.05) is 26.2 Å². The van der Waals surface area contributed by atoms with Crippen LogP contribution in [0.2, 0.25) is 0 Å². The molecule has 0 bridgehead atoms. The van der Waals surface area contributed by atoms with Crippen molar-refractivity contribution >= 4 is 11.8 Å². The van der Waals surface area contributed by atoms with Crippen molar-refractivity contribution in [3.8, 4) is 11.1 Å². The number of hydrogen-bond acceptors (Lipinski definition) is 3. The second kappa shape index (κ2) is 9.60. The Bertz CT molecular complexity index is 1020. The highest BCUT2D eigenvalue weighted by atomic mass is 16.2. The van der Waals surface area contributed by atoms with E-state index >= 15 is 0 Å². The maximum absolute atomic E-state index is 13.4. The first-order valence-electron chi connectivity index (χ1n) is 10.9. The molecule has 0 saturated carbocycles. The maximum atomic E-state index is 13.4. The van der Waals surface area contributed by atoms with Crippen LogP contribution in [0.15, 0.2) is 67.1 Å². The van der Waals surface area contributed by atoms with E-state index < -0.39 is 0 Å². The first-order chi connectivity index (χ1) is 15.2. The van der Waals surface area contributed by atoms with Crippen molar-refractivity contribution in [2.75, 3.05) is 26.2 Å². The Balaban J connectivity index is 1.63. The van der Waals surface area contributed by atoms with Gasteiger partial charge in [0.15, 0.2) is 0 Å². The fourth-order valence-corrected chi connectivity index (χ4v) is 4.28. The van der Waals surface area contributed by atoms with E-state index in [1.165, 1.54) is 6.33 Å². The number of carbonyl (C=O) groups is 2. The van der Waals surface area contributed by atoms with Gasteiger partial charge in [-0.25, -0.2) is 4.98 Å². The molecule has 2 amide bonds. The molecule has 1 atom stereocenters. The third kappa shape index (κ3) is 4.68. The van der Waals surface area contributed by atoms with Crippen molar-refractivity contribution in [1.29, 1.82) is 0 Å². The first-order valence-corrected chi connectivity index (χ1v) is 10.9. The van der Waals surface area contributed by atoms with Crippen LogP contribution in [0.25, 0.3) is 11.1 Å². The Morgan fingerprint density at radius 1 is 1.10 bits per heavy atom. The molecular weight excluding hydrogens is 388 g/mol. The van der Waals surface area contributed by atoms with E-state index in [0.717, 1.165) is 23.1 Å². The van der Waals surface area contributed by atoms with Crippen molar-refractivity contribution in [3.05, 3.63) is 78.4 Å². The van der Waals surface area contributed by atoms with E-state index in [9.17, 15) is 9.59 Å². The van der Waals surface area contributed by atoms with Crippen LogP contribution >= 0.6 is 0 Å². The molecule has 1 aliphatic heterocycles. The van der Waals surface area contributed by atoms with Crippen molar-refractivity contribution < 1.29 is 9.59 Å². The maximum Gasteiger partial charge on any atom is 0.271 e. The van der Waals surface area contributed by atoms with Gasteiger partial charge in [-0.3, -0.25) is 9.59 Å². The molecule has 0 spiro atoms. The predicted octanol–water partition coefficient (Wildman–Crippen LogP) is 3.63. The minimum absolute atomic E-state index is 0.106. The minimum Gasteiger partial charge on any atom is -0.341 e. The van der Waals surface area contributed by atoms with Gasteiger partial charge in [0.1, 0.15) is 5.69 Å². The number of hydrogen-bond donors (Lipinski definition) is 1. The Hall–Kier alpha value is -3.41. The molecule has 1 N–H and O–H groups in total. The second-order valence-corrected chi connectivity index (χ2v) is 7.97. The summed E-state index contributed by atoms with van der Waals surface area (Å²) in [7, 11) is 0. The van der Waals surface area contributed by atoms with Crippen molar-refractivity contribution in [3.63, 3.8) is 0 Å². The zero-order chi connectivity index (χ0) is 21.6. The molecule has 6 nitrogen and oxygen atoms in total. The monoisotopic (exact) mass is 416 g/mol. The van der Waals surface area contributed by atoms with Gasteiger partial charge in [0.05, 0.1) is 18.4 Å². The Morgan fingerprint density at radius 3 is 2.61 bits per heavy atom. The summed E-state index contributed by atoms with van der Waals surface area (Å²) in [5.74, 6) is -0.264. The molecule has 2 heterocycles. The predicted molar refractivity (Wildman–Crippen MR) is 120 cm³/mol. The number of benzene rings is 2. The second-order valence-electron chi connectivity index (χ2n) is 7.97. The lowest BCUT2D eigenvalue weighted by molar-refractivity contribution is -0.134. The molecular formula is C25H28N4O2. The van der Waals surface area contributed by atoms with Gasteiger partial charge in [-0.15, -0.1) is 0 Å². The number of aromatic amines is 1. The molecule has 1 unspecified atom stereocenters. The summed E-state index contributed by atoms with van der Waals surface area (Å²) in [6.07, 6.45) is 4.54. The molecule has 1 aliphatic rings. The summed E-state index contributed by atoms with van der Waals surface area (Å²) in [5.41, 5.74) is 3.85. The van der Waals surface area contributed by atoms with Gasteiger partial charge < -0.3 is 14.8 Å². The third-order valence-corrected chi connectivity index (χ3v) is 5.82. The van der Waals surface area contributed by atoms with Crippen LogP contribution in [-0.4, -0.2) is 57.8 Å². The molecule has 1 saturated heterocycles. The smallest absolute Gasteiger partial charge is 0.271 e. The van der Waals surface area contributed by atoms with Crippen LogP contribution in [0, 0.1) is 5.92 Å². The summed E-state index contributed by atoms with van der Waals surface area (Å²) >= 11 is 0. The zero-order valence-corrected chi connectivity index (χ0v) is 17.8. The highest BCUT2D eigenvalue weighted by molar-refractivity contribution is 5.93. The van der Waals surface area contributed by atoms with Crippen molar-refractivity contribution in [2.24, 2.45) is 5.92 Å². The average molecular weight is 417 g/mol. The number of H-pyrrole nitrogens is 1. The highest BCUT2D eigenvalue weighted by Crippen LogP contribution is 2.27.